The first-order chi connectivity index (χ1) is 11.0. The maximum Gasteiger partial charge on any atom is 0.250 e. The van der Waals surface area contributed by atoms with Gasteiger partial charge in [0.1, 0.15) is 5.82 Å². The summed E-state index contributed by atoms with van der Waals surface area (Å²) in [6, 6.07) is 10.1. The molecule has 1 fully saturated rings. The number of nitrogens with two attached hydrogens (primary N) is 1. The van der Waals surface area contributed by atoms with Gasteiger partial charge in [-0.25, -0.2) is 4.98 Å². The molecule has 3 rings (SSSR count). The van der Waals surface area contributed by atoms with Gasteiger partial charge in [-0.3, -0.25) is 4.79 Å². The van der Waals surface area contributed by atoms with Crippen molar-refractivity contribution in [1.82, 2.24) is 9.88 Å². The standard InChI is InChI=1S/C18H22N4O/c1-13-4-3-5-14(10-13)15-11-17(20-12-16(15)18(19)23)22-8-6-21(2)7-9-22/h3-5,10-12H,6-9H2,1-2H3,(H2,19,23). The molecular formula is C18H22N4O. The normalized spacial score (nSPS) is 15.7. The van der Waals surface area contributed by atoms with Crippen LogP contribution in [0, 0.1) is 6.92 Å². The van der Waals surface area contributed by atoms with Crippen molar-refractivity contribution in [2.75, 3.05) is 38.1 Å². The number of benzene rings is 1. The predicted octanol–water partition coefficient (Wildman–Crippen LogP) is 1.91. The van der Waals surface area contributed by atoms with Gasteiger partial charge in [0.05, 0.1) is 5.56 Å². The fraction of sp³-hybridized carbons (Fsp3) is 0.333. The van der Waals surface area contributed by atoms with Crippen LogP contribution in [0.5, 0.6) is 0 Å². The molecule has 0 saturated carbocycles. The summed E-state index contributed by atoms with van der Waals surface area (Å²) in [6.07, 6.45) is 1.60. The van der Waals surface area contributed by atoms with Crippen molar-refractivity contribution in [3.05, 3.63) is 47.7 Å². The lowest BCUT2D eigenvalue weighted by Gasteiger charge is -2.33. The van der Waals surface area contributed by atoms with E-state index < -0.39 is 5.91 Å². The zero-order valence-corrected chi connectivity index (χ0v) is 13.6. The van der Waals surface area contributed by atoms with Crippen LogP contribution in [-0.2, 0) is 0 Å². The van der Waals surface area contributed by atoms with Gasteiger partial charge in [-0.15, -0.1) is 0 Å². The number of aromatic nitrogens is 1. The van der Waals surface area contributed by atoms with Gasteiger partial charge in [0.15, 0.2) is 0 Å². The van der Waals surface area contributed by atoms with E-state index in [1.54, 1.807) is 6.20 Å². The van der Waals surface area contributed by atoms with Gasteiger partial charge < -0.3 is 15.5 Å². The molecule has 5 heteroatoms. The van der Waals surface area contributed by atoms with E-state index in [-0.39, 0.29) is 0 Å². The third-order valence-electron chi connectivity index (χ3n) is 4.31. The van der Waals surface area contributed by atoms with Gasteiger partial charge in [-0.1, -0.05) is 29.8 Å². The van der Waals surface area contributed by atoms with E-state index in [1.807, 2.05) is 31.2 Å². The van der Waals surface area contributed by atoms with Crippen molar-refractivity contribution in [3.8, 4) is 11.1 Å². The minimum absolute atomic E-state index is 0.445. The quantitative estimate of drug-likeness (QED) is 0.940. The Balaban J connectivity index is 2.02. The van der Waals surface area contributed by atoms with Crippen molar-refractivity contribution >= 4 is 11.7 Å². The molecule has 0 aliphatic carbocycles. The average molecular weight is 310 g/mol. The molecule has 0 bridgehead atoms. The molecule has 23 heavy (non-hydrogen) atoms. The monoisotopic (exact) mass is 310 g/mol. The molecule has 1 aromatic heterocycles. The number of carbonyl (C=O) groups excluding carboxylic acids is 1. The van der Waals surface area contributed by atoms with E-state index >= 15 is 0 Å². The van der Waals surface area contributed by atoms with E-state index in [2.05, 4.69) is 27.9 Å². The molecule has 1 aliphatic heterocycles. The number of hydrogen-bond donors (Lipinski definition) is 1. The van der Waals surface area contributed by atoms with Crippen LogP contribution < -0.4 is 10.6 Å². The summed E-state index contributed by atoms with van der Waals surface area (Å²) in [4.78, 5) is 20.8. The number of carbonyl (C=O) groups is 1. The summed E-state index contributed by atoms with van der Waals surface area (Å²) in [5.74, 6) is 0.457. The second-order valence-corrected chi connectivity index (χ2v) is 6.11. The molecule has 0 spiro atoms. The number of pyridine rings is 1. The Morgan fingerprint density at radius 1 is 1.17 bits per heavy atom. The Morgan fingerprint density at radius 2 is 1.91 bits per heavy atom. The van der Waals surface area contributed by atoms with Crippen LogP contribution in [0.15, 0.2) is 36.5 Å². The number of piperazine rings is 1. The highest BCUT2D eigenvalue weighted by Gasteiger charge is 2.18. The predicted molar refractivity (Wildman–Crippen MR) is 92.6 cm³/mol. The zero-order valence-electron chi connectivity index (χ0n) is 13.6. The van der Waals surface area contributed by atoms with Crippen LogP contribution in [-0.4, -0.2) is 49.0 Å². The Kier molecular flexibility index (Phi) is 4.30. The van der Waals surface area contributed by atoms with Crippen molar-refractivity contribution in [2.24, 2.45) is 5.73 Å². The number of primary amides is 1. The number of aryl methyl sites for hydroxylation is 1. The second kappa shape index (κ2) is 6.38. The number of likely N-dealkylation sites (N-methyl/N-ethyl adjacent to an activating group) is 1. The van der Waals surface area contributed by atoms with Crippen molar-refractivity contribution in [3.63, 3.8) is 0 Å². The van der Waals surface area contributed by atoms with Gasteiger partial charge in [0.25, 0.3) is 5.91 Å². The summed E-state index contributed by atoms with van der Waals surface area (Å²) < 4.78 is 0. The summed E-state index contributed by atoms with van der Waals surface area (Å²) in [6.45, 7) is 5.94. The molecule has 0 unspecified atom stereocenters. The van der Waals surface area contributed by atoms with Crippen LogP contribution in [0.25, 0.3) is 11.1 Å². The van der Waals surface area contributed by atoms with Crippen LogP contribution in [0.1, 0.15) is 15.9 Å². The minimum atomic E-state index is -0.445. The number of anilines is 1. The van der Waals surface area contributed by atoms with Crippen LogP contribution in [0.3, 0.4) is 0 Å². The van der Waals surface area contributed by atoms with Crippen LogP contribution in [0.2, 0.25) is 0 Å². The third-order valence-corrected chi connectivity index (χ3v) is 4.31. The lowest BCUT2D eigenvalue weighted by Crippen LogP contribution is -2.44. The fourth-order valence-electron chi connectivity index (χ4n) is 2.90. The van der Waals surface area contributed by atoms with Crippen LogP contribution >= 0.6 is 0 Å². The first kappa shape index (κ1) is 15.5. The molecule has 2 heterocycles. The Bertz CT molecular complexity index is 721. The summed E-state index contributed by atoms with van der Waals surface area (Å²) in [7, 11) is 2.12. The molecule has 0 atom stereocenters. The largest absolute Gasteiger partial charge is 0.366 e. The number of hydrogen-bond acceptors (Lipinski definition) is 4. The number of nitrogens with zero attached hydrogens (tertiary/aromatic N) is 3. The molecule has 2 aromatic rings. The maximum atomic E-state index is 11.8. The molecule has 5 nitrogen and oxygen atoms in total. The Morgan fingerprint density at radius 3 is 2.57 bits per heavy atom. The van der Waals surface area contributed by atoms with Gasteiger partial charge in [-0.05, 0) is 31.2 Å². The first-order valence-electron chi connectivity index (χ1n) is 7.85. The Hall–Kier alpha value is -2.40. The third kappa shape index (κ3) is 3.35. The summed E-state index contributed by atoms with van der Waals surface area (Å²) in [5, 5.41) is 0. The van der Waals surface area contributed by atoms with Gasteiger partial charge in [-0.2, -0.15) is 0 Å². The molecular weight excluding hydrogens is 288 g/mol. The highest BCUT2D eigenvalue weighted by atomic mass is 16.1. The van der Waals surface area contributed by atoms with Gasteiger partial charge >= 0.3 is 0 Å². The fourth-order valence-corrected chi connectivity index (χ4v) is 2.90. The van der Waals surface area contributed by atoms with E-state index in [4.69, 9.17) is 5.73 Å². The smallest absolute Gasteiger partial charge is 0.250 e. The molecule has 1 saturated heterocycles. The molecule has 1 amide bonds. The zero-order chi connectivity index (χ0) is 16.4. The summed E-state index contributed by atoms with van der Waals surface area (Å²) in [5.41, 5.74) is 9.00. The second-order valence-electron chi connectivity index (χ2n) is 6.11. The molecule has 0 radical (unpaired) electrons. The van der Waals surface area contributed by atoms with Gasteiger partial charge in [0.2, 0.25) is 0 Å². The van der Waals surface area contributed by atoms with Crippen molar-refractivity contribution in [1.29, 1.82) is 0 Å². The maximum absolute atomic E-state index is 11.8. The number of amides is 1. The SMILES string of the molecule is Cc1cccc(-c2cc(N3CCN(C)CC3)ncc2C(N)=O)c1. The van der Waals surface area contributed by atoms with Crippen LogP contribution in [0.4, 0.5) is 5.82 Å². The van der Waals surface area contributed by atoms with E-state index in [9.17, 15) is 4.79 Å². The van der Waals surface area contributed by atoms with Crippen molar-refractivity contribution in [2.45, 2.75) is 6.92 Å². The average Bonchev–Trinajstić information content (AvgIpc) is 2.55. The van der Waals surface area contributed by atoms with Gasteiger partial charge in [0, 0.05) is 32.4 Å². The minimum Gasteiger partial charge on any atom is -0.366 e. The molecule has 2 N–H and O–H groups in total. The molecule has 120 valence electrons. The van der Waals surface area contributed by atoms with E-state index in [1.165, 1.54) is 0 Å². The summed E-state index contributed by atoms with van der Waals surface area (Å²) >= 11 is 0. The van der Waals surface area contributed by atoms with Crippen molar-refractivity contribution < 1.29 is 4.79 Å². The highest BCUT2D eigenvalue weighted by Crippen LogP contribution is 2.28. The molecule has 1 aliphatic rings. The van der Waals surface area contributed by atoms with E-state index in [0.717, 1.165) is 48.7 Å². The number of rotatable bonds is 3. The topological polar surface area (TPSA) is 62.5 Å². The lowest BCUT2D eigenvalue weighted by molar-refractivity contribution is 0.100. The lowest BCUT2D eigenvalue weighted by atomic mass is 9.99. The van der Waals surface area contributed by atoms with E-state index in [0.29, 0.717) is 5.56 Å². The Labute approximate surface area is 136 Å². The molecule has 1 aromatic carbocycles. The first-order valence-corrected chi connectivity index (χ1v) is 7.85. The highest BCUT2D eigenvalue weighted by molar-refractivity contribution is 6.00.